The van der Waals surface area contributed by atoms with Gasteiger partial charge < -0.3 is 15.6 Å². The van der Waals surface area contributed by atoms with Crippen molar-refractivity contribution in [2.45, 2.75) is 53.0 Å². The van der Waals surface area contributed by atoms with Crippen LogP contribution in [0.15, 0.2) is 17.4 Å². The number of aliphatic imine (C=N–C) groups is 1. The van der Waals surface area contributed by atoms with E-state index in [2.05, 4.69) is 36.0 Å². The Morgan fingerprint density at radius 1 is 1.50 bits per heavy atom. The number of likely N-dealkylation sites (tertiary alicyclic amines) is 1. The van der Waals surface area contributed by atoms with Gasteiger partial charge in [-0.05, 0) is 31.6 Å². The maximum absolute atomic E-state index is 8.14. The molecule has 0 aromatic heterocycles. The molecule has 5 heteroatoms. The van der Waals surface area contributed by atoms with Crippen molar-refractivity contribution in [3.05, 3.63) is 12.4 Å². The van der Waals surface area contributed by atoms with Gasteiger partial charge >= 0.3 is 0 Å². The third-order valence-electron chi connectivity index (χ3n) is 3.72. The summed E-state index contributed by atoms with van der Waals surface area (Å²) in [6, 6.07) is 0.396. The lowest BCUT2D eigenvalue weighted by Gasteiger charge is -2.43. The summed E-state index contributed by atoms with van der Waals surface area (Å²) >= 11 is 0. The van der Waals surface area contributed by atoms with Crippen LogP contribution in [0, 0.1) is 16.2 Å². The fourth-order valence-corrected chi connectivity index (χ4v) is 2.31. The normalized spacial score (nSPS) is 22.9. The smallest absolute Gasteiger partial charge is 0.195 e. The molecule has 0 radical (unpaired) electrons. The predicted molar refractivity (Wildman–Crippen MR) is 85.7 cm³/mol. The first kappa shape index (κ1) is 16.4. The molecule has 1 aliphatic heterocycles. The summed E-state index contributed by atoms with van der Waals surface area (Å²) in [5, 5.41) is 18.3. The molecule has 0 spiro atoms. The van der Waals surface area contributed by atoms with E-state index in [4.69, 9.17) is 10.8 Å². The highest BCUT2D eigenvalue weighted by atomic mass is 15.3. The van der Waals surface area contributed by atoms with Gasteiger partial charge in [0.15, 0.2) is 5.96 Å². The number of hydrogen-bond acceptors (Lipinski definition) is 3. The molecule has 1 atom stereocenters. The van der Waals surface area contributed by atoms with Crippen molar-refractivity contribution in [1.82, 2.24) is 10.2 Å². The minimum absolute atomic E-state index is 0.262. The molecule has 20 heavy (non-hydrogen) atoms. The molecule has 0 bridgehead atoms. The first-order chi connectivity index (χ1) is 9.39. The Bertz CT molecular complexity index is 408. The lowest BCUT2D eigenvalue weighted by atomic mass is 9.82. The number of nitrogens with one attached hydrogen (secondary N) is 3. The summed E-state index contributed by atoms with van der Waals surface area (Å²) in [4.78, 5) is 6.25. The SMILES string of the molecule is CC/C(C=N)=N/C=C\NC(=N)N1CC(C)(C)CCC1C. The quantitative estimate of drug-likeness (QED) is 0.546. The van der Waals surface area contributed by atoms with Crippen molar-refractivity contribution < 1.29 is 0 Å². The summed E-state index contributed by atoms with van der Waals surface area (Å²) in [7, 11) is 0. The summed E-state index contributed by atoms with van der Waals surface area (Å²) in [5.41, 5.74) is 0.986. The van der Waals surface area contributed by atoms with Crippen LogP contribution in [0.5, 0.6) is 0 Å². The number of rotatable bonds is 4. The van der Waals surface area contributed by atoms with Gasteiger partial charge in [0.05, 0.1) is 5.71 Å². The van der Waals surface area contributed by atoms with Crippen LogP contribution in [0.1, 0.15) is 47.0 Å². The average molecular weight is 277 g/mol. The van der Waals surface area contributed by atoms with E-state index in [1.165, 1.54) is 12.6 Å². The van der Waals surface area contributed by atoms with Gasteiger partial charge in [-0.3, -0.25) is 10.4 Å². The summed E-state index contributed by atoms with van der Waals surface area (Å²) in [6.45, 7) is 9.52. The van der Waals surface area contributed by atoms with Crippen LogP contribution in [-0.4, -0.2) is 35.4 Å². The molecule has 0 aromatic rings. The lowest BCUT2D eigenvalue weighted by molar-refractivity contribution is 0.130. The second kappa shape index (κ2) is 7.22. The Hall–Kier alpha value is -1.65. The molecule has 1 saturated heterocycles. The maximum atomic E-state index is 8.14. The molecule has 1 rings (SSSR count). The standard InChI is InChI=1S/C15H27N5/c1-5-13(10-16)18-8-9-19-14(17)20-11-15(3,4)7-6-12(20)2/h8-10,12,16H,5-7,11H2,1-4H3,(H2,17,19)/b9-8-,16-10?,18-13-. The zero-order valence-corrected chi connectivity index (χ0v) is 13.0. The van der Waals surface area contributed by atoms with Gasteiger partial charge in [0.2, 0.25) is 0 Å². The van der Waals surface area contributed by atoms with E-state index in [0.29, 0.717) is 12.0 Å². The van der Waals surface area contributed by atoms with E-state index in [1.54, 1.807) is 12.4 Å². The molecule has 112 valence electrons. The van der Waals surface area contributed by atoms with Gasteiger partial charge in [-0.2, -0.15) is 0 Å². The number of guanidine groups is 1. The second-order valence-electron chi connectivity index (χ2n) is 6.11. The van der Waals surface area contributed by atoms with E-state index in [0.717, 1.165) is 25.1 Å². The Kier molecular flexibility index (Phi) is 5.92. The van der Waals surface area contributed by atoms with Crippen LogP contribution in [0.3, 0.4) is 0 Å². The first-order valence-electron chi connectivity index (χ1n) is 7.23. The average Bonchev–Trinajstić information content (AvgIpc) is 2.41. The van der Waals surface area contributed by atoms with Crippen LogP contribution in [0.2, 0.25) is 0 Å². The van der Waals surface area contributed by atoms with E-state index < -0.39 is 0 Å². The number of hydrogen-bond donors (Lipinski definition) is 3. The molecule has 0 saturated carbocycles. The zero-order chi connectivity index (χ0) is 15.2. The molecule has 0 aromatic carbocycles. The fraction of sp³-hybridized carbons (Fsp3) is 0.667. The monoisotopic (exact) mass is 277 g/mol. The Labute approximate surface area is 122 Å². The van der Waals surface area contributed by atoms with Crippen molar-refractivity contribution >= 4 is 17.9 Å². The fourth-order valence-electron chi connectivity index (χ4n) is 2.31. The highest BCUT2D eigenvalue weighted by molar-refractivity contribution is 6.29. The molecular weight excluding hydrogens is 250 g/mol. The largest absolute Gasteiger partial charge is 0.340 e. The Morgan fingerprint density at radius 3 is 2.80 bits per heavy atom. The third kappa shape index (κ3) is 4.79. The van der Waals surface area contributed by atoms with Gasteiger partial charge in [-0.1, -0.05) is 20.8 Å². The molecule has 3 N–H and O–H groups in total. The summed E-state index contributed by atoms with van der Waals surface area (Å²) < 4.78 is 0. The van der Waals surface area contributed by atoms with Gasteiger partial charge in [0.1, 0.15) is 0 Å². The van der Waals surface area contributed by atoms with Crippen molar-refractivity contribution in [2.75, 3.05) is 6.54 Å². The molecule has 1 heterocycles. The Balaban J connectivity index is 2.55. The minimum Gasteiger partial charge on any atom is -0.340 e. The Morgan fingerprint density at radius 2 is 2.20 bits per heavy atom. The van der Waals surface area contributed by atoms with Gasteiger partial charge in [-0.15, -0.1) is 0 Å². The molecule has 5 nitrogen and oxygen atoms in total. The van der Waals surface area contributed by atoms with Crippen LogP contribution in [0.25, 0.3) is 0 Å². The van der Waals surface area contributed by atoms with E-state index >= 15 is 0 Å². The van der Waals surface area contributed by atoms with Crippen molar-refractivity contribution in [3.63, 3.8) is 0 Å². The second-order valence-corrected chi connectivity index (χ2v) is 6.11. The zero-order valence-electron chi connectivity index (χ0n) is 13.0. The van der Waals surface area contributed by atoms with E-state index in [9.17, 15) is 0 Å². The van der Waals surface area contributed by atoms with Crippen LogP contribution in [0.4, 0.5) is 0 Å². The molecule has 1 unspecified atom stereocenters. The van der Waals surface area contributed by atoms with Gasteiger partial charge in [-0.25, -0.2) is 0 Å². The maximum Gasteiger partial charge on any atom is 0.195 e. The summed E-state index contributed by atoms with van der Waals surface area (Å²) in [5.74, 6) is 0.421. The first-order valence-corrected chi connectivity index (χ1v) is 7.23. The van der Waals surface area contributed by atoms with Crippen LogP contribution in [-0.2, 0) is 0 Å². The predicted octanol–water partition coefficient (Wildman–Crippen LogP) is 2.99. The topological polar surface area (TPSA) is 75.3 Å². The van der Waals surface area contributed by atoms with E-state index in [1.807, 2.05) is 6.92 Å². The molecule has 1 aliphatic rings. The number of piperidine rings is 1. The molecule has 0 aliphatic carbocycles. The lowest BCUT2D eigenvalue weighted by Crippen LogP contribution is -2.51. The third-order valence-corrected chi connectivity index (χ3v) is 3.72. The van der Waals surface area contributed by atoms with Gasteiger partial charge in [0, 0.05) is 31.2 Å². The van der Waals surface area contributed by atoms with Crippen molar-refractivity contribution in [1.29, 1.82) is 10.8 Å². The van der Waals surface area contributed by atoms with Crippen molar-refractivity contribution in [3.8, 4) is 0 Å². The van der Waals surface area contributed by atoms with E-state index in [-0.39, 0.29) is 5.41 Å². The van der Waals surface area contributed by atoms with Crippen LogP contribution < -0.4 is 5.32 Å². The van der Waals surface area contributed by atoms with Crippen molar-refractivity contribution in [2.24, 2.45) is 10.4 Å². The molecule has 0 amide bonds. The summed E-state index contributed by atoms with van der Waals surface area (Å²) in [6.07, 6.45) is 7.59. The van der Waals surface area contributed by atoms with Gasteiger partial charge in [0.25, 0.3) is 0 Å². The van der Waals surface area contributed by atoms with Crippen LogP contribution >= 0.6 is 0 Å². The number of nitrogens with zero attached hydrogens (tertiary/aromatic N) is 2. The minimum atomic E-state index is 0.262. The molecular formula is C15H27N5. The highest BCUT2D eigenvalue weighted by Gasteiger charge is 2.31. The molecule has 1 fully saturated rings. The highest BCUT2D eigenvalue weighted by Crippen LogP contribution is 2.31.